The molecule has 0 unspecified atom stereocenters. The Hall–Kier alpha value is -1.68. The minimum atomic E-state index is 0.437. The van der Waals surface area contributed by atoms with Gasteiger partial charge in [0.2, 0.25) is 0 Å². The number of hydrogen-bond acceptors (Lipinski definition) is 3. The van der Waals surface area contributed by atoms with Gasteiger partial charge in [0.15, 0.2) is 5.82 Å². The van der Waals surface area contributed by atoms with Gasteiger partial charge in [-0.2, -0.15) is 5.10 Å². The molecule has 0 aliphatic heterocycles. The Morgan fingerprint density at radius 2 is 1.95 bits per heavy atom. The van der Waals surface area contributed by atoms with Crippen molar-refractivity contribution in [2.45, 2.75) is 46.2 Å². The largest absolute Gasteiger partial charge is 0.309 e. The van der Waals surface area contributed by atoms with Crippen molar-refractivity contribution in [1.82, 2.24) is 20.1 Å². The number of hydrogen-bond donors (Lipinski definition) is 1. The van der Waals surface area contributed by atoms with Gasteiger partial charge in [0.05, 0.1) is 11.4 Å². The van der Waals surface area contributed by atoms with Gasteiger partial charge in [-0.3, -0.25) is 0 Å². The fraction of sp³-hybridized carbons (Fsp3) is 0.467. The lowest BCUT2D eigenvalue weighted by Crippen LogP contribution is -2.22. The molecule has 2 heterocycles. The lowest BCUT2D eigenvalue weighted by Gasteiger charge is -2.08. The van der Waals surface area contributed by atoms with Crippen LogP contribution in [0, 0.1) is 0 Å². The Kier molecular flexibility index (Phi) is 4.32. The van der Waals surface area contributed by atoms with Crippen molar-refractivity contribution >= 4 is 0 Å². The van der Waals surface area contributed by atoms with Gasteiger partial charge in [0.25, 0.3) is 0 Å². The first kappa shape index (κ1) is 13.7. The molecular weight excluding hydrogens is 236 g/mol. The third-order valence-corrected chi connectivity index (χ3v) is 2.92. The average molecular weight is 258 g/mol. The Balaban J connectivity index is 2.17. The SMILES string of the molecule is CC(C)NCc1cccc(-n2ccc(C(C)C)n2)n1. The fourth-order valence-electron chi connectivity index (χ4n) is 1.78. The van der Waals surface area contributed by atoms with E-state index in [1.165, 1.54) is 0 Å². The Morgan fingerprint density at radius 1 is 1.16 bits per heavy atom. The Labute approximate surface area is 114 Å². The number of pyridine rings is 1. The summed E-state index contributed by atoms with van der Waals surface area (Å²) in [5, 5.41) is 7.92. The maximum atomic E-state index is 4.63. The number of nitrogens with zero attached hydrogens (tertiary/aromatic N) is 3. The minimum absolute atomic E-state index is 0.437. The molecule has 1 N–H and O–H groups in total. The molecule has 102 valence electrons. The van der Waals surface area contributed by atoms with Crippen LogP contribution < -0.4 is 5.32 Å². The van der Waals surface area contributed by atoms with E-state index >= 15 is 0 Å². The maximum Gasteiger partial charge on any atom is 0.153 e. The summed E-state index contributed by atoms with van der Waals surface area (Å²) in [6, 6.07) is 8.55. The van der Waals surface area contributed by atoms with Crippen LogP contribution in [-0.2, 0) is 6.54 Å². The molecule has 4 nitrogen and oxygen atoms in total. The molecule has 0 aliphatic carbocycles. The van der Waals surface area contributed by atoms with Crippen LogP contribution in [0.5, 0.6) is 0 Å². The first-order valence-electron chi connectivity index (χ1n) is 6.81. The number of nitrogens with one attached hydrogen (secondary N) is 1. The highest BCUT2D eigenvalue weighted by molar-refractivity contribution is 5.24. The lowest BCUT2D eigenvalue weighted by molar-refractivity contribution is 0.580. The summed E-state index contributed by atoms with van der Waals surface area (Å²) >= 11 is 0. The molecule has 0 aromatic carbocycles. The van der Waals surface area contributed by atoms with Gasteiger partial charge >= 0.3 is 0 Å². The van der Waals surface area contributed by atoms with Crippen LogP contribution in [0.25, 0.3) is 5.82 Å². The molecule has 0 fully saturated rings. The van der Waals surface area contributed by atoms with Crippen LogP contribution in [0.2, 0.25) is 0 Å². The van der Waals surface area contributed by atoms with Crippen LogP contribution in [0.15, 0.2) is 30.5 Å². The summed E-state index contributed by atoms with van der Waals surface area (Å²) < 4.78 is 1.84. The van der Waals surface area contributed by atoms with Crippen molar-refractivity contribution in [2.24, 2.45) is 0 Å². The van der Waals surface area contributed by atoms with Gasteiger partial charge in [-0.05, 0) is 24.1 Å². The third kappa shape index (κ3) is 3.64. The summed E-state index contributed by atoms with van der Waals surface area (Å²) in [6.45, 7) is 9.33. The zero-order chi connectivity index (χ0) is 13.8. The third-order valence-electron chi connectivity index (χ3n) is 2.92. The Bertz CT molecular complexity index is 528. The quantitative estimate of drug-likeness (QED) is 0.896. The average Bonchev–Trinajstić information content (AvgIpc) is 2.86. The molecule has 0 amide bonds. The summed E-state index contributed by atoms with van der Waals surface area (Å²) in [6.07, 6.45) is 1.97. The fourth-order valence-corrected chi connectivity index (χ4v) is 1.78. The van der Waals surface area contributed by atoms with E-state index in [1.807, 2.05) is 35.1 Å². The standard InChI is InChI=1S/C15H22N4/c1-11(2)14-8-9-19(18-14)15-7-5-6-13(17-15)10-16-12(3)4/h5-9,11-12,16H,10H2,1-4H3. The van der Waals surface area contributed by atoms with Crippen molar-refractivity contribution in [3.05, 3.63) is 41.9 Å². The summed E-state index contributed by atoms with van der Waals surface area (Å²) in [4.78, 5) is 4.63. The zero-order valence-electron chi connectivity index (χ0n) is 12.1. The van der Waals surface area contributed by atoms with Crippen LogP contribution in [-0.4, -0.2) is 20.8 Å². The van der Waals surface area contributed by atoms with Gasteiger partial charge in [0, 0.05) is 18.8 Å². The second-order valence-electron chi connectivity index (χ2n) is 5.36. The lowest BCUT2D eigenvalue weighted by atomic mass is 10.1. The van der Waals surface area contributed by atoms with Gasteiger partial charge in [-0.25, -0.2) is 9.67 Å². The first-order chi connectivity index (χ1) is 9.06. The monoisotopic (exact) mass is 258 g/mol. The molecule has 2 aromatic heterocycles. The van der Waals surface area contributed by atoms with Gasteiger partial charge < -0.3 is 5.32 Å². The summed E-state index contributed by atoms with van der Waals surface area (Å²) in [7, 11) is 0. The molecule has 0 bridgehead atoms. The van der Waals surface area contributed by atoms with E-state index in [9.17, 15) is 0 Å². The summed E-state index contributed by atoms with van der Waals surface area (Å²) in [5.41, 5.74) is 2.13. The highest BCUT2D eigenvalue weighted by Crippen LogP contribution is 2.13. The van der Waals surface area contributed by atoms with E-state index in [0.29, 0.717) is 12.0 Å². The van der Waals surface area contributed by atoms with Crippen LogP contribution in [0.3, 0.4) is 0 Å². The van der Waals surface area contributed by atoms with Gasteiger partial charge in [0.1, 0.15) is 0 Å². The first-order valence-corrected chi connectivity index (χ1v) is 6.81. The second kappa shape index (κ2) is 5.97. The molecule has 0 spiro atoms. The van der Waals surface area contributed by atoms with E-state index in [2.05, 4.69) is 43.1 Å². The van der Waals surface area contributed by atoms with Crippen LogP contribution in [0.1, 0.15) is 45.0 Å². The molecule has 0 radical (unpaired) electrons. The van der Waals surface area contributed by atoms with E-state index in [0.717, 1.165) is 23.8 Å². The van der Waals surface area contributed by atoms with E-state index in [4.69, 9.17) is 0 Å². The molecular formula is C15H22N4. The molecule has 0 saturated carbocycles. The minimum Gasteiger partial charge on any atom is -0.309 e. The highest BCUT2D eigenvalue weighted by Gasteiger charge is 2.06. The van der Waals surface area contributed by atoms with Crippen molar-refractivity contribution in [2.75, 3.05) is 0 Å². The highest BCUT2D eigenvalue weighted by atomic mass is 15.3. The molecule has 0 aliphatic rings. The van der Waals surface area contributed by atoms with E-state index < -0.39 is 0 Å². The molecule has 0 atom stereocenters. The van der Waals surface area contributed by atoms with Crippen molar-refractivity contribution in [1.29, 1.82) is 0 Å². The van der Waals surface area contributed by atoms with Gasteiger partial charge in [-0.15, -0.1) is 0 Å². The molecule has 2 aromatic rings. The van der Waals surface area contributed by atoms with Crippen molar-refractivity contribution in [3.63, 3.8) is 0 Å². The molecule has 2 rings (SSSR count). The number of rotatable bonds is 5. The van der Waals surface area contributed by atoms with E-state index in [1.54, 1.807) is 0 Å². The normalized spacial score (nSPS) is 11.5. The van der Waals surface area contributed by atoms with Crippen LogP contribution >= 0.6 is 0 Å². The van der Waals surface area contributed by atoms with Gasteiger partial charge in [-0.1, -0.05) is 33.8 Å². The topological polar surface area (TPSA) is 42.7 Å². The maximum absolute atomic E-state index is 4.63. The van der Waals surface area contributed by atoms with Crippen molar-refractivity contribution in [3.8, 4) is 5.82 Å². The molecule has 19 heavy (non-hydrogen) atoms. The second-order valence-corrected chi connectivity index (χ2v) is 5.36. The van der Waals surface area contributed by atoms with E-state index in [-0.39, 0.29) is 0 Å². The van der Waals surface area contributed by atoms with Crippen molar-refractivity contribution < 1.29 is 0 Å². The summed E-state index contributed by atoms with van der Waals surface area (Å²) in [5.74, 6) is 1.31. The molecule has 0 saturated heterocycles. The smallest absolute Gasteiger partial charge is 0.153 e. The predicted octanol–water partition coefficient (Wildman–Crippen LogP) is 2.89. The zero-order valence-corrected chi connectivity index (χ0v) is 12.1. The molecule has 4 heteroatoms. The van der Waals surface area contributed by atoms with Crippen LogP contribution in [0.4, 0.5) is 0 Å². The predicted molar refractivity (Wildman–Crippen MR) is 77.4 cm³/mol. The Morgan fingerprint density at radius 3 is 2.58 bits per heavy atom. The number of aromatic nitrogens is 3.